The summed E-state index contributed by atoms with van der Waals surface area (Å²) in [5, 5.41) is 0. The molecule has 0 aromatic heterocycles. The number of likely N-dealkylation sites (N-methyl/N-ethyl adjacent to an activating group) is 1. The maximum atomic E-state index is 5.65. The molecule has 0 amide bonds. The molecule has 0 unspecified atom stereocenters. The molecule has 0 heterocycles. The van der Waals surface area contributed by atoms with Crippen molar-refractivity contribution in [1.29, 1.82) is 0 Å². The fraction of sp³-hybridized carbons (Fsp3) is 1.00. The van der Waals surface area contributed by atoms with Crippen LogP contribution in [-0.2, 0) is 4.74 Å². The monoisotopic (exact) mass is 258 g/mol. The molecular weight excluding hydrogens is 222 g/mol. The highest BCUT2D eigenvalue weighted by molar-refractivity contribution is 4.46. The van der Waals surface area contributed by atoms with Crippen LogP contribution in [0.3, 0.4) is 0 Å². The van der Waals surface area contributed by atoms with E-state index in [1.54, 1.807) is 0 Å². The molecule has 0 N–H and O–H groups in total. The van der Waals surface area contributed by atoms with E-state index in [0.29, 0.717) is 0 Å². The molecule has 0 fully saturated rings. The molecule has 0 rings (SSSR count). The van der Waals surface area contributed by atoms with Gasteiger partial charge in [-0.1, -0.05) is 58.3 Å². The van der Waals surface area contributed by atoms with Crippen molar-refractivity contribution in [2.75, 3.05) is 40.9 Å². The summed E-state index contributed by atoms with van der Waals surface area (Å²) in [6.45, 7) is 5.24. The van der Waals surface area contributed by atoms with Crippen LogP contribution in [0.2, 0.25) is 0 Å². The fourth-order valence-electron chi connectivity index (χ4n) is 1.96. The van der Waals surface area contributed by atoms with E-state index in [-0.39, 0.29) is 0 Å². The Morgan fingerprint density at radius 1 is 0.667 bits per heavy atom. The van der Waals surface area contributed by atoms with Gasteiger partial charge in [-0.3, -0.25) is 0 Å². The van der Waals surface area contributed by atoms with E-state index in [9.17, 15) is 0 Å². The predicted molar refractivity (Wildman–Crippen MR) is 80.9 cm³/mol. The molecule has 0 atom stereocenters. The average molecular weight is 258 g/mol. The Balaban J connectivity index is 2.99. The Morgan fingerprint density at radius 2 is 1.17 bits per heavy atom. The molecule has 110 valence electrons. The highest BCUT2D eigenvalue weighted by atomic mass is 16.5. The Kier molecular flexibility index (Phi) is 11.9. The first-order chi connectivity index (χ1) is 8.56. The number of nitrogens with zero attached hydrogens (tertiary/aromatic N) is 1. The van der Waals surface area contributed by atoms with Gasteiger partial charge in [-0.25, -0.2) is 0 Å². The smallest absolute Gasteiger partial charge is 0.102 e. The molecule has 0 spiro atoms. The Labute approximate surface area is 115 Å². The first kappa shape index (κ1) is 17.9. The minimum absolute atomic E-state index is 0.903. The van der Waals surface area contributed by atoms with Crippen molar-refractivity contribution in [3.63, 3.8) is 0 Å². The van der Waals surface area contributed by atoms with Gasteiger partial charge in [0.2, 0.25) is 0 Å². The van der Waals surface area contributed by atoms with Crippen molar-refractivity contribution in [1.82, 2.24) is 0 Å². The Bertz CT molecular complexity index is 163. The summed E-state index contributed by atoms with van der Waals surface area (Å²) in [6, 6.07) is 0. The maximum absolute atomic E-state index is 5.65. The van der Waals surface area contributed by atoms with Crippen molar-refractivity contribution in [3.8, 4) is 0 Å². The van der Waals surface area contributed by atoms with Crippen LogP contribution in [-0.4, -0.2) is 45.4 Å². The van der Waals surface area contributed by atoms with Gasteiger partial charge in [-0.15, -0.1) is 0 Å². The molecule has 0 aliphatic carbocycles. The predicted octanol–water partition coefficient (Wildman–Crippen LogP) is 4.24. The lowest BCUT2D eigenvalue weighted by Gasteiger charge is -2.23. The zero-order chi connectivity index (χ0) is 13.7. The van der Waals surface area contributed by atoms with Gasteiger partial charge < -0.3 is 9.22 Å². The summed E-state index contributed by atoms with van der Waals surface area (Å²) in [5.74, 6) is 0. The maximum Gasteiger partial charge on any atom is 0.102 e. The standard InChI is InChI=1S/C16H36NO/c1-5-6-7-8-9-10-11-12-13-15-18-16-14-17(2,3)4/h5-16H2,1-4H3/q+1. The molecule has 2 nitrogen and oxygen atoms in total. The fourth-order valence-corrected chi connectivity index (χ4v) is 1.96. The lowest BCUT2D eigenvalue weighted by atomic mass is 10.1. The average Bonchev–Trinajstić information content (AvgIpc) is 2.29. The normalized spacial score (nSPS) is 12.0. The summed E-state index contributed by atoms with van der Waals surface area (Å²) in [7, 11) is 6.63. The zero-order valence-electron chi connectivity index (χ0n) is 13.3. The van der Waals surface area contributed by atoms with Crippen LogP contribution in [0, 0.1) is 0 Å². The Morgan fingerprint density at radius 3 is 1.67 bits per heavy atom. The molecule has 0 saturated carbocycles. The Hall–Kier alpha value is -0.0800. The van der Waals surface area contributed by atoms with Gasteiger partial charge in [-0.2, -0.15) is 0 Å². The van der Waals surface area contributed by atoms with Gasteiger partial charge in [0.15, 0.2) is 0 Å². The van der Waals surface area contributed by atoms with E-state index in [0.717, 1.165) is 24.2 Å². The van der Waals surface area contributed by atoms with Crippen LogP contribution in [0.15, 0.2) is 0 Å². The quantitative estimate of drug-likeness (QED) is 0.355. The van der Waals surface area contributed by atoms with Crippen LogP contribution in [0.5, 0.6) is 0 Å². The summed E-state index contributed by atoms with van der Waals surface area (Å²) in [5.41, 5.74) is 0. The first-order valence-corrected chi connectivity index (χ1v) is 7.94. The van der Waals surface area contributed by atoms with Crippen LogP contribution in [0.25, 0.3) is 0 Å². The third kappa shape index (κ3) is 15.9. The number of quaternary nitrogens is 1. The summed E-state index contributed by atoms with van der Waals surface area (Å²) >= 11 is 0. The summed E-state index contributed by atoms with van der Waals surface area (Å²) < 4.78 is 6.65. The van der Waals surface area contributed by atoms with Crippen molar-refractivity contribution in [2.24, 2.45) is 0 Å². The molecule has 2 heteroatoms. The number of hydrogen-bond donors (Lipinski definition) is 0. The second-order valence-corrected chi connectivity index (χ2v) is 6.45. The van der Waals surface area contributed by atoms with Crippen molar-refractivity contribution >= 4 is 0 Å². The number of ether oxygens (including phenoxy) is 1. The summed E-state index contributed by atoms with van der Waals surface area (Å²) in [4.78, 5) is 0. The lowest BCUT2D eigenvalue weighted by molar-refractivity contribution is -0.870. The van der Waals surface area contributed by atoms with Crippen LogP contribution in [0.1, 0.15) is 64.7 Å². The van der Waals surface area contributed by atoms with E-state index in [4.69, 9.17) is 4.74 Å². The minimum atomic E-state index is 0.903. The highest BCUT2D eigenvalue weighted by Gasteiger charge is 2.05. The second kappa shape index (κ2) is 12.0. The van der Waals surface area contributed by atoms with Crippen molar-refractivity contribution in [3.05, 3.63) is 0 Å². The van der Waals surface area contributed by atoms with Gasteiger partial charge in [0.25, 0.3) is 0 Å². The SMILES string of the molecule is CCCCCCCCCCCOCC[N+](C)(C)C. The molecule has 0 aliphatic heterocycles. The largest absolute Gasteiger partial charge is 0.376 e. The van der Waals surface area contributed by atoms with E-state index in [2.05, 4.69) is 28.1 Å². The van der Waals surface area contributed by atoms with E-state index < -0.39 is 0 Å². The molecule has 0 bridgehead atoms. The second-order valence-electron chi connectivity index (χ2n) is 6.45. The van der Waals surface area contributed by atoms with Crippen LogP contribution >= 0.6 is 0 Å². The van der Waals surface area contributed by atoms with Gasteiger partial charge in [-0.05, 0) is 6.42 Å². The molecule has 0 aliphatic rings. The molecule has 0 aromatic rings. The first-order valence-electron chi connectivity index (χ1n) is 7.94. The topological polar surface area (TPSA) is 9.23 Å². The van der Waals surface area contributed by atoms with Crippen LogP contribution in [0.4, 0.5) is 0 Å². The molecule has 0 saturated heterocycles. The molecule has 0 aromatic carbocycles. The lowest BCUT2D eigenvalue weighted by Crippen LogP contribution is -2.37. The van der Waals surface area contributed by atoms with E-state index in [1.165, 1.54) is 57.8 Å². The van der Waals surface area contributed by atoms with Crippen molar-refractivity contribution < 1.29 is 9.22 Å². The third-order valence-electron chi connectivity index (χ3n) is 3.30. The van der Waals surface area contributed by atoms with Gasteiger partial charge in [0, 0.05) is 6.61 Å². The third-order valence-corrected chi connectivity index (χ3v) is 3.30. The van der Waals surface area contributed by atoms with E-state index >= 15 is 0 Å². The summed E-state index contributed by atoms with van der Waals surface area (Å²) in [6.07, 6.45) is 12.5. The van der Waals surface area contributed by atoms with Gasteiger partial charge >= 0.3 is 0 Å². The van der Waals surface area contributed by atoms with Crippen LogP contribution < -0.4 is 0 Å². The van der Waals surface area contributed by atoms with E-state index in [1.807, 2.05) is 0 Å². The van der Waals surface area contributed by atoms with Gasteiger partial charge in [0.1, 0.15) is 6.54 Å². The highest BCUT2D eigenvalue weighted by Crippen LogP contribution is 2.09. The minimum Gasteiger partial charge on any atom is -0.376 e. The van der Waals surface area contributed by atoms with Gasteiger partial charge in [0.05, 0.1) is 27.7 Å². The zero-order valence-corrected chi connectivity index (χ0v) is 13.3. The molecule has 0 radical (unpaired) electrons. The number of rotatable bonds is 13. The van der Waals surface area contributed by atoms with Crippen molar-refractivity contribution in [2.45, 2.75) is 64.7 Å². The molecule has 18 heavy (non-hydrogen) atoms. The number of unbranched alkanes of at least 4 members (excludes halogenated alkanes) is 8. The molecular formula is C16H36NO+. The number of hydrogen-bond acceptors (Lipinski definition) is 1.